The number of amides is 1. The Morgan fingerprint density at radius 2 is 1.93 bits per heavy atom. The van der Waals surface area contributed by atoms with E-state index in [0.29, 0.717) is 23.9 Å². The van der Waals surface area contributed by atoms with Crippen LogP contribution in [-0.2, 0) is 13.6 Å². The van der Waals surface area contributed by atoms with Gasteiger partial charge >= 0.3 is 0 Å². The summed E-state index contributed by atoms with van der Waals surface area (Å²) in [6.45, 7) is 1.05. The normalized spacial score (nSPS) is 11.1. The van der Waals surface area contributed by atoms with E-state index in [-0.39, 0.29) is 17.2 Å². The van der Waals surface area contributed by atoms with Crippen LogP contribution in [-0.4, -0.2) is 33.9 Å². The maximum atomic E-state index is 12.7. The lowest BCUT2D eigenvalue weighted by Gasteiger charge is -2.10. The molecule has 7 nitrogen and oxygen atoms in total. The first-order valence-electron chi connectivity index (χ1n) is 8.95. The minimum atomic E-state index is -0.301. The number of nitrogens with zero attached hydrogens (tertiary/aromatic N) is 3. The Balaban J connectivity index is 1.52. The Morgan fingerprint density at radius 3 is 2.71 bits per heavy atom. The smallest absolute Gasteiger partial charge is 0.274 e. The van der Waals surface area contributed by atoms with Crippen molar-refractivity contribution in [2.45, 2.75) is 6.54 Å². The van der Waals surface area contributed by atoms with Crippen LogP contribution < -0.4 is 15.6 Å². The molecule has 1 N–H and O–H groups in total. The van der Waals surface area contributed by atoms with E-state index in [1.807, 2.05) is 30.5 Å². The van der Waals surface area contributed by atoms with Crippen molar-refractivity contribution < 1.29 is 9.53 Å². The van der Waals surface area contributed by atoms with Gasteiger partial charge in [0.1, 0.15) is 5.75 Å². The van der Waals surface area contributed by atoms with Gasteiger partial charge in [0.2, 0.25) is 0 Å². The van der Waals surface area contributed by atoms with E-state index in [2.05, 4.69) is 15.0 Å². The number of carbonyl (C=O) groups is 1. The van der Waals surface area contributed by atoms with Gasteiger partial charge < -0.3 is 14.6 Å². The highest BCUT2D eigenvalue weighted by molar-refractivity contribution is 6.04. The van der Waals surface area contributed by atoms with Crippen LogP contribution in [0.1, 0.15) is 10.5 Å². The van der Waals surface area contributed by atoms with E-state index >= 15 is 0 Å². The van der Waals surface area contributed by atoms with Gasteiger partial charge in [-0.2, -0.15) is 5.10 Å². The third-order valence-electron chi connectivity index (χ3n) is 4.79. The lowest BCUT2D eigenvalue weighted by molar-refractivity contribution is 0.0947. The van der Waals surface area contributed by atoms with Crippen LogP contribution in [0.4, 0.5) is 0 Å². The highest BCUT2D eigenvalue weighted by atomic mass is 16.5. The predicted molar refractivity (Wildman–Crippen MR) is 108 cm³/mol. The molecular formula is C21H20N4O3. The molecule has 0 aliphatic carbocycles. The maximum Gasteiger partial charge on any atom is 0.274 e. The Morgan fingerprint density at radius 1 is 1.14 bits per heavy atom. The van der Waals surface area contributed by atoms with Crippen LogP contribution >= 0.6 is 0 Å². The number of aryl methyl sites for hydroxylation is 1. The van der Waals surface area contributed by atoms with E-state index in [1.165, 1.54) is 4.68 Å². The predicted octanol–water partition coefficient (Wildman–Crippen LogP) is 2.33. The average Bonchev–Trinajstić information content (AvgIpc) is 3.12. The molecule has 0 radical (unpaired) electrons. The van der Waals surface area contributed by atoms with Gasteiger partial charge in [-0.25, -0.2) is 4.68 Å². The van der Waals surface area contributed by atoms with Crippen LogP contribution in [0, 0.1) is 0 Å². The molecule has 28 heavy (non-hydrogen) atoms. The summed E-state index contributed by atoms with van der Waals surface area (Å²) < 4.78 is 8.52. The van der Waals surface area contributed by atoms with E-state index in [0.717, 1.165) is 16.7 Å². The minimum Gasteiger partial charge on any atom is -0.497 e. The number of hydrogen-bond donors (Lipinski definition) is 1. The van der Waals surface area contributed by atoms with Crippen LogP contribution in [0.2, 0.25) is 0 Å². The van der Waals surface area contributed by atoms with E-state index in [1.54, 1.807) is 38.4 Å². The molecule has 0 atom stereocenters. The molecule has 1 amide bonds. The molecule has 0 saturated carbocycles. The van der Waals surface area contributed by atoms with Gasteiger partial charge in [0.15, 0.2) is 5.69 Å². The fourth-order valence-electron chi connectivity index (χ4n) is 3.34. The SMILES string of the molecule is COc1ccc2c(ccn2CCNC(=O)c2nn(C)c(=O)c3ccccc23)c1. The van der Waals surface area contributed by atoms with E-state index in [4.69, 9.17) is 4.74 Å². The molecule has 7 heteroatoms. The highest BCUT2D eigenvalue weighted by Crippen LogP contribution is 2.21. The van der Waals surface area contributed by atoms with Gasteiger partial charge in [0.05, 0.1) is 12.5 Å². The van der Waals surface area contributed by atoms with Crippen molar-refractivity contribution in [2.24, 2.45) is 7.05 Å². The van der Waals surface area contributed by atoms with Gasteiger partial charge in [-0.1, -0.05) is 18.2 Å². The summed E-state index contributed by atoms with van der Waals surface area (Å²) in [4.78, 5) is 24.9. The van der Waals surface area contributed by atoms with Gasteiger partial charge in [0.25, 0.3) is 11.5 Å². The summed E-state index contributed by atoms with van der Waals surface area (Å²) in [7, 11) is 3.19. The third kappa shape index (κ3) is 3.11. The third-order valence-corrected chi connectivity index (χ3v) is 4.79. The molecule has 0 aliphatic rings. The number of fused-ring (bicyclic) bond motifs is 2. The van der Waals surface area contributed by atoms with Crippen molar-refractivity contribution in [1.29, 1.82) is 0 Å². The Bertz CT molecular complexity index is 1240. The molecule has 2 aromatic carbocycles. The molecule has 0 spiro atoms. The maximum absolute atomic E-state index is 12.7. The van der Waals surface area contributed by atoms with Crippen molar-refractivity contribution in [3.8, 4) is 5.75 Å². The second kappa shape index (κ2) is 7.19. The summed E-state index contributed by atoms with van der Waals surface area (Å²) in [5, 5.41) is 9.18. The molecule has 2 aromatic heterocycles. The zero-order valence-electron chi connectivity index (χ0n) is 15.7. The molecule has 4 aromatic rings. The monoisotopic (exact) mass is 376 g/mol. The van der Waals surface area contributed by atoms with Gasteiger partial charge in [-0.15, -0.1) is 0 Å². The second-order valence-corrected chi connectivity index (χ2v) is 6.51. The molecule has 0 fully saturated rings. The zero-order chi connectivity index (χ0) is 19.7. The first-order valence-corrected chi connectivity index (χ1v) is 8.95. The lowest BCUT2D eigenvalue weighted by Crippen LogP contribution is -2.31. The molecule has 0 bridgehead atoms. The summed E-state index contributed by atoms with van der Waals surface area (Å²) in [6.07, 6.45) is 1.98. The van der Waals surface area contributed by atoms with Crippen molar-refractivity contribution in [2.75, 3.05) is 13.7 Å². The first-order chi connectivity index (χ1) is 13.6. The number of hydrogen-bond acceptors (Lipinski definition) is 4. The molecule has 4 rings (SSSR count). The number of ether oxygens (including phenoxy) is 1. The van der Waals surface area contributed by atoms with E-state index in [9.17, 15) is 9.59 Å². The number of nitrogens with one attached hydrogen (secondary N) is 1. The number of benzene rings is 2. The highest BCUT2D eigenvalue weighted by Gasteiger charge is 2.15. The topological polar surface area (TPSA) is 78.2 Å². The fraction of sp³-hybridized carbons (Fsp3) is 0.190. The van der Waals surface area contributed by atoms with Gasteiger partial charge in [-0.3, -0.25) is 9.59 Å². The van der Waals surface area contributed by atoms with E-state index < -0.39 is 0 Å². The van der Waals surface area contributed by atoms with Crippen LogP contribution in [0.25, 0.3) is 21.7 Å². The number of carbonyl (C=O) groups excluding carboxylic acids is 1. The first kappa shape index (κ1) is 17.8. The van der Waals surface area contributed by atoms with Crippen LogP contribution in [0.3, 0.4) is 0 Å². The van der Waals surface area contributed by atoms with Crippen molar-refractivity contribution in [3.63, 3.8) is 0 Å². The Hall–Kier alpha value is -3.61. The zero-order valence-corrected chi connectivity index (χ0v) is 15.7. The molecule has 2 heterocycles. The average molecular weight is 376 g/mol. The van der Waals surface area contributed by atoms with Gasteiger partial charge in [-0.05, 0) is 30.3 Å². The minimum absolute atomic E-state index is 0.221. The summed E-state index contributed by atoms with van der Waals surface area (Å²) in [5.74, 6) is 0.510. The lowest BCUT2D eigenvalue weighted by atomic mass is 10.1. The number of methoxy groups -OCH3 is 1. The van der Waals surface area contributed by atoms with Crippen molar-refractivity contribution in [3.05, 3.63) is 70.8 Å². The summed E-state index contributed by atoms with van der Waals surface area (Å²) in [5.41, 5.74) is 1.10. The van der Waals surface area contributed by atoms with Crippen molar-refractivity contribution >= 4 is 27.6 Å². The summed E-state index contributed by atoms with van der Waals surface area (Å²) in [6, 6.07) is 14.9. The molecule has 0 unspecified atom stereocenters. The van der Waals surface area contributed by atoms with Crippen LogP contribution in [0.5, 0.6) is 5.75 Å². The number of aromatic nitrogens is 3. The second-order valence-electron chi connectivity index (χ2n) is 6.51. The molecule has 0 aliphatic heterocycles. The Kier molecular flexibility index (Phi) is 4.57. The molecular weight excluding hydrogens is 356 g/mol. The molecule has 142 valence electrons. The van der Waals surface area contributed by atoms with Crippen LogP contribution in [0.15, 0.2) is 59.5 Å². The quantitative estimate of drug-likeness (QED) is 0.580. The molecule has 0 saturated heterocycles. The standard InChI is InChI=1S/C21H20N4O3/c1-24-21(27)17-6-4-3-5-16(17)19(23-24)20(26)22-10-12-25-11-9-14-13-15(28-2)7-8-18(14)25/h3-9,11,13H,10,12H2,1-2H3,(H,22,26). The summed E-state index contributed by atoms with van der Waals surface area (Å²) >= 11 is 0. The van der Waals surface area contributed by atoms with Gasteiger partial charge in [0, 0.05) is 42.6 Å². The fourth-order valence-corrected chi connectivity index (χ4v) is 3.34. The Labute approximate surface area is 161 Å². The number of rotatable bonds is 5. The largest absolute Gasteiger partial charge is 0.497 e. The van der Waals surface area contributed by atoms with Crippen molar-refractivity contribution in [1.82, 2.24) is 19.7 Å².